The minimum Gasteiger partial charge on any atom is -0.497 e. The zero-order valence-corrected chi connectivity index (χ0v) is 18.5. The maximum absolute atomic E-state index is 10.7. The van der Waals surface area contributed by atoms with E-state index in [2.05, 4.69) is 11.0 Å². The second-order valence-corrected chi connectivity index (χ2v) is 7.94. The Morgan fingerprint density at radius 1 is 0.938 bits per heavy atom. The van der Waals surface area contributed by atoms with Crippen LogP contribution in [0.4, 0.5) is 0 Å². The highest BCUT2D eigenvalue weighted by atomic mass is 16.7. The number of hydrogen-bond donors (Lipinski definition) is 1. The van der Waals surface area contributed by atoms with Gasteiger partial charge < -0.3 is 24.1 Å². The molecular weight excluding hydrogens is 406 g/mol. The fraction of sp³-hybridized carbons (Fsp3) is 0.308. The number of benzene rings is 3. The molecule has 6 nitrogen and oxygen atoms in total. The molecule has 0 bridgehead atoms. The zero-order valence-electron chi connectivity index (χ0n) is 18.5. The third-order valence-corrected chi connectivity index (χ3v) is 5.38. The third kappa shape index (κ3) is 5.72. The van der Waals surface area contributed by atoms with Gasteiger partial charge in [-0.15, -0.1) is 0 Å². The van der Waals surface area contributed by atoms with Crippen LogP contribution in [0.25, 0.3) is 0 Å². The summed E-state index contributed by atoms with van der Waals surface area (Å²) >= 11 is 0. The van der Waals surface area contributed by atoms with Crippen LogP contribution in [0.3, 0.4) is 0 Å². The van der Waals surface area contributed by atoms with Crippen molar-refractivity contribution in [3.8, 4) is 23.0 Å². The Hall–Kier alpha value is -3.22. The molecule has 3 aromatic carbocycles. The molecule has 1 N–H and O–H groups in total. The van der Waals surface area contributed by atoms with E-state index in [1.54, 1.807) is 7.11 Å². The molecule has 0 radical (unpaired) electrons. The summed E-state index contributed by atoms with van der Waals surface area (Å²) in [5.74, 6) is 3.13. The first-order valence-electron chi connectivity index (χ1n) is 10.7. The largest absolute Gasteiger partial charge is 0.497 e. The van der Waals surface area contributed by atoms with E-state index in [1.165, 1.54) is 0 Å². The van der Waals surface area contributed by atoms with Gasteiger partial charge in [0.2, 0.25) is 6.79 Å². The molecule has 168 valence electrons. The Balaban J connectivity index is 1.45. The molecule has 1 atom stereocenters. The number of hydrogen-bond acceptors (Lipinski definition) is 6. The summed E-state index contributed by atoms with van der Waals surface area (Å²) in [5.41, 5.74) is 3.24. The van der Waals surface area contributed by atoms with Crippen molar-refractivity contribution in [3.63, 3.8) is 0 Å². The van der Waals surface area contributed by atoms with E-state index in [1.807, 2.05) is 67.6 Å². The molecule has 0 fully saturated rings. The summed E-state index contributed by atoms with van der Waals surface area (Å²) in [6, 6.07) is 21.8. The van der Waals surface area contributed by atoms with Gasteiger partial charge in [-0.25, -0.2) is 0 Å². The highest BCUT2D eigenvalue weighted by molar-refractivity contribution is 5.44. The smallest absolute Gasteiger partial charge is 0.231 e. The number of aliphatic hydroxyl groups is 1. The average molecular weight is 436 g/mol. The summed E-state index contributed by atoms with van der Waals surface area (Å²) in [5, 5.41) is 10.7. The number of ether oxygens (including phenoxy) is 4. The van der Waals surface area contributed by atoms with Crippen molar-refractivity contribution in [2.24, 2.45) is 0 Å². The van der Waals surface area contributed by atoms with Gasteiger partial charge in [0.1, 0.15) is 24.2 Å². The monoisotopic (exact) mass is 435 g/mol. The van der Waals surface area contributed by atoms with Gasteiger partial charge in [0.05, 0.1) is 7.11 Å². The predicted molar refractivity (Wildman–Crippen MR) is 122 cm³/mol. The fourth-order valence-electron chi connectivity index (χ4n) is 3.77. The number of para-hydroxylation sites is 1. The van der Waals surface area contributed by atoms with Gasteiger partial charge >= 0.3 is 0 Å². The number of aliphatic hydroxyl groups excluding tert-OH is 1. The zero-order chi connectivity index (χ0) is 22.3. The first kappa shape index (κ1) is 22.0. The molecule has 4 rings (SSSR count). The van der Waals surface area contributed by atoms with E-state index in [9.17, 15) is 5.11 Å². The Morgan fingerprint density at radius 2 is 1.72 bits per heavy atom. The van der Waals surface area contributed by atoms with Crippen LogP contribution in [-0.2, 0) is 13.1 Å². The van der Waals surface area contributed by atoms with Crippen LogP contribution < -0.4 is 18.9 Å². The fourth-order valence-corrected chi connectivity index (χ4v) is 3.77. The molecule has 3 aromatic rings. The molecule has 0 saturated carbocycles. The van der Waals surface area contributed by atoms with Gasteiger partial charge in [-0.1, -0.05) is 36.4 Å². The van der Waals surface area contributed by atoms with Crippen LogP contribution in [-0.4, -0.2) is 43.2 Å². The minimum absolute atomic E-state index is 0.223. The molecule has 1 aliphatic rings. The SMILES string of the molecule is COc1cccc(CN(Cc2ccc3c(c2)OCO3)C[C@@H](O)COc2ccccc2C)c1. The quantitative estimate of drug-likeness (QED) is 0.516. The van der Waals surface area contributed by atoms with Crippen LogP contribution in [0.2, 0.25) is 0 Å². The molecule has 0 saturated heterocycles. The Morgan fingerprint density at radius 3 is 2.53 bits per heavy atom. The number of rotatable bonds is 10. The van der Waals surface area contributed by atoms with E-state index in [0.717, 1.165) is 39.7 Å². The molecule has 0 aliphatic carbocycles. The van der Waals surface area contributed by atoms with Crippen LogP contribution in [0, 0.1) is 6.92 Å². The van der Waals surface area contributed by atoms with Crippen LogP contribution in [0.5, 0.6) is 23.0 Å². The van der Waals surface area contributed by atoms with Crippen molar-refractivity contribution in [2.75, 3.05) is 27.1 Å². The predicted octanol–water partition coefficient (Wildman–Crippen LogP) is 4.17. The highest BCUT2D eigenvalue weighted by Crippen LogP contribution is 2.33. The van der Waals surface area contributed by atoms with Crippen molar-refractivity contribution >= 4 is 0 Å². The molecule has 32 heavy (non-hydrogen) atoms. The molecular formula is C26H29NO5. The van der Waals surface area contributed by atoms with Crippen molar-refractivity contribution in [1.82, 2.24) is 4.90 Å². The summed E-state index contributed by atoms with van der Waals surface area (Å²) in [7, 11) is 1.66. The van der Waals surface area contributed by atoms with Gasteiger partial charge in [0.25, 0.3) is 0 Å². The lowest BCUT2D eigenvalue weighted by Crippen LogP contribution is -2.35. The summed E-state index contributed by atoms with van der Waals surface area (Å²) < 4.78 is 22.2. The van der Waals surface area contributed by atoms with E-state index < -0.39 is 6.10 Å². The lowest BCUT2D eigenvalue weighted by molar-refractivity contribution is 0.0626. The van der Waals surface area contributed by atoms with Crippen LogP contribution >= 0.6 is 0 Å². The number of fused-ring (bicyclic) bond motifs is 1. The van der Waals surface area contributed by atoms with E-state index in [-0.39, 0.29) is 13.4 Å². The Kier molecular flexibility index (Phi) is 7.14. The third-order valence-electron chi connectivity index (χ3n) is 5.38. The van der Waals surface area contributed by atoms with Gasteiger partial charge in [0, 0.05) is 19.6 Å². The van der Waals surface area contributed by atoms with Crippen molar-refractivity contribution in [3.05, 3.63) is 83.4 Å². The molecule has 1 heterocycles. The molecule has 0 spiro atoms. The van der Waals surface area contributed by atoms with Crippen molar-refractivity contribution in [1.29, 1.82) is 0 Å². The van der Waals surface area contributed by atoms with Crippen LogP contribution in [0.1, 0.15) is 16.7 Å². The summed E-state index contributed by atoms with van der Waals surface area (Å²) in [4.78, 5) is 2.19. The van der Waals surface area contributed by atoms with E-state index in [0.29, 0.717) is 19.6 Å². The molecule has 6 heteroatoms. The molecule has 0 amide bonds. The summed E-state index contributed by atoms with van der Waals surface area (Å²) in [6.07, 6.45) is -0.644. The molecule has 0 aromatic heterocycles. The van der Waals surface area contributed by atoms with E-state index >= 15 is 0 Å². The lowest BCUT2D eigenvalue weighted by Gasteiger charge is -2.26. The number of methoxy groups -OCH3 is 1. The normalized spacial score (nSPS) is 13.2. The van der Waals surface area contributed by atoms with Gasteiger partial charge in [-0.3, -0.25) is 4.90 Å². The van der Waals surface area contributed by atoms with Crippen molar-refractivity contribution < 1.29 is 24.1 Å². The number of aryl methyl sites for hydroxylation is 1. The first-order chi connectivity index (χ1) is 15.6. The Labute approximate surface area is 188 Å². The van der Waals surface area contributed by atoms with Crippen molar-refractivity contribution in [2.45, 2.75) is 26.1 Å². The van der Waals surface area contributed by atoms with E-state index in [4.69, 9.17) is 18.9 Å². The Bertz CT molecular complexity index is 1040. The second-order valence-electron chi connectivity index (χ2n) is 7.94. The maximum Gasteiger partial charge on any atom is 0.231 e. The molecule has 0 unspecified atom stereocenters. The number of nitrogens with zero attached hydrogens (tertiary/aromatic N) is 1. The highest BCUT2D eigenvalue weighted by Gasteiger charge is 2.18. The lowest BCUT2D eigenvalue weighted by atomic mass is 10.1. The second kappa shape index (κ2) is 10.4. The minimum atomic E-state index is -0.644. The topological polar surface area (TPSA) is 60.4 Å². The molecule has 1 aliphatic heterocycles. The first-order valence-corrected chi connectivity index (χ1v) is 10.7. The van der Waals surface area contributed by atoms with Gasteiger partial charge in [-0.05, 0) is 53.9 Å². The maximum atomic E-state index is 10.7. The van der Waals surface area contributed by atoms with Crippen LogP contribution in [0.15, 0.2) is 66.7 Å². The van der Waals surface area contributed by atoms with Gasteiger partial charge in [-0.2, -0.15) is 0 Å². The average Bonchev–Trinajstić information content (AvgIpc) is 3.26. The summed E-state index contributed by atoms with van der Waals surface area (Å²) in [6.45, 7) is 4.23. The standard InChI is InChI=1S/C26H29NO5/c1-19-6-3-4-9-24(19)30-17-22(28)16-27(14-20-7-5-8-23(12-20)29-2)15-21-10-11-25-26(13-21)32-18-31-25/h3-13,22,28H,14-18H2,1-2H3/t22-/m1/s1. The van der Waals surface area contributed by atoms with Gasteiger partial charge in [0.15, 0.2) is 11.5 Å².